The van der Waals surface area contributed by atoms with E-state index in [1.807, 2.05) is 6.92 Å². The van der Waals surface area contributed by atoms with Gasteiger partial charge in [0.15, 0.2) is 0 Å². The summed E-state index contributed by atoms with van der Waals surface area (Å²) in [6, 6.07) is 4.77. The summed E-state index contributed by atoms with van der Waals surface area (Å²) in [4.78, 5) is 14.1. The Morgan fingerprint density at radius 2 is 2.25 bits per heavy atom. The Labute approximate surface area is 125 Å². The van der Waals surface area contributed by atoms with Crippen molar-refractivity contribution in [1.29, 1.82) is 0 Å². The van der Waals surface area contributed by atoms with Crippen LogP contribution < -0.4 is 5.73 Å². The molecule has 0 saturated carbocycles. The highest BCUT2D eigenvalue weighted by molar-refractivity contribution is 5.94. The SMILES string of the molecule is Cc1ccc(C(=O)N2CCCC(CCN)C2)c(F)c1.Cl. The fraction of sp³-hybridized carbons (Fsp3) is 0.533. The highest BCUT2D eigenvalue weighted by Crippen LogP contribution is 2.21. The van der Waals surface area contributed by atoms with Crippen LogP contribution in [0, 0.1) is 18.7 Å². The Morgan fingerprint density at radius 1 is 1.50 bits per heavy atom. The van der Waals surface area contributed by atoms with Gasteiger partial charge in [0, 0.05) is 13.1 Å². The van der Waals surface area contributed by atoms with Crippen molar-refractivity contribution in [1.82, 2.24) is 4.90 Å². The molecule has 0 aromatic heterocycles. The molecule has 1 aromatic carbocycles. The molecule has 0 bridgehead atoms. The van der Waals surface area contributed by atoms with Crippen LogP contribution in [-0.2, 0) is 0 Å². The van der Waals surface area contributed by atoms with Gasteiger partial charge in [0.2, 0.25) is 0 Å². The van der Waals surface area contributed by atoms with Gasteiger partial charge in [-0.1, -0.05) is 6.07 Å². The van der Waals surface area contributed by atoms with Gasteiger partial charge in [0.25, 0.3) is 5.91 Å². The molecule has 1 aromatic rings. The summed E-state index contributed by atoms with van der Waals surface area (Å²) < 4.78 is 13.8. The summed E-state index contributed by atoms with van der Waals surface area (Å²) in [5.41, 5.74) is 6.58. The van der Waals surface area contributed by atoms with Crippen molar-refractivity contribution in [2.24, 2.45) is 11.7 Å². The van der Waals surface area contributed by atoms with Crippen LogP contribution in [0.5, 0.6) is 0 Å². The minimum Gasteiger partial charge on any atom is -0.338 e. The molecular formula is C15H22ClFN2O. The molecule has 1 saturated heterocycles. The van der Waals surface area contributed by atoms with Crippen molar-refractivity contribution >= 4 is 18.3 Å². The third-order valence-corrected chi connectivity index (χ3v) is 3.74. The van der Waals surface area contributed by atoms with Gasteiger partial charge < -0.3 is 10.6 Å². The van der Waals surface area contributed by atoms with E-state index < -0.39 is 5.82 Å². The van der Waals surface area contributed by atoms with Gasteiger partial charge in [-0.2, -0.15) is 0 Å². The maximum absolute atomic E-state index is 13.8. The molecule has 1 aliphatic rings. The lowest BCUT2D eigenvalue weighted by Gasteiger charge is -2.32. The number of carbonyl (C=O) groups is 1. The molecule has 5 heteroatoms. The fourth-order valence-electron chi connectivity index (χ4n) is 2.68. The molecule has 0 spiro atoms. The van der Waals surface area contributed by atoms with Crippen molar-refractivity contribution in [3.8, 4) is 0 Å². The van der Waals surface area contributed by atoms with E-state index in [0.29, 0.717) is 25.6 Å². The smallest absolute Gasteiger partial charge is 0.256 e. The van der Waals surface area contributed by atoms with E-state index in [2.05, 4.69) is 0 Å². The highest BCUT2D eigenvalue weighted by atomic mass is 35.5. The number of nitrogens with zero attached hydrogens (tertiary/aromatic N) is 1. The normalized spacial score (nSPS) is 18.6. The molecule has 3 nitrogen and oxygen atoms in total. The number of hydrogen-bond donors (Lipinski definition) is 1. The van der Waals surface area contributed by atoms with Crippen molar-refractivity contribution in [3.05, 3.63) is 35.1 Å². The summed E-state index contributed by atoms with van der Waals surface area (Å²) >= 11 is 0. The van der Waals surface area contributed by atoms with Crippen molar-refractivity contribution < 1.29 is 9.18 Å². The van der Waals surface area contributed by atoms with E-state index in [4.69, 9.17) is 5.73 Å². The minimum absolute atomic E-state index is 0. The minimum atomic E-state index is -0.425. The second kappa shape index (κ2) is 7.60. The zero-order chi connectivity index (χ0) is 13.8. The summed E-state index contributed by atoms with van der Waals surface area (Å²) in [6.45, 7) is 3.87. The van der Waals surface area contributed by atoms with Crippen LogP contribution in [0.2, 0.25) is 0 Å². The topological polar surface area (TPSA) is 46.3 Å². The quantitative estimate of drug-likeness (QED) is 0.933. The van der Waals surface area contributed by atoms with Crippen molar-refractivity contribution in [2.75, 3.05) is 19.6 Å². The molecule has 1 aliphatic heterocycles. The molecule has 1 unspecified atom stereocenters. The second-order valence-electron chi connectivity index (χ2n) is 5.32. The Hall–Kier alpha value is -1.13. The first-order valence-corrected chi connectivity index (χ1v) is 6.87. The molecule has 0 radical (unpaired) electrons. The van der Waals surface area contributed by atoms with Gasteiger partial charge in [0.1, 0.15) is 5.82 Å². The fourth-order valence-corrected chi connectivity index (χ4v) is 2.68. The van der Waals surface area contributed by atoms with Crippen LogP contribution in [0.25, 0.3) is 0 Å². The van der Waals surface area contributed by atoms with Gasteiger partial charge in [-0.25, -0.2) is 4.39 Å². The maximum Gasteiger partial charge on any atom is 0.256 e. The van der Waals surface area contributed by atoms with Gasteiger partial charge in [-0.15, -0.1) is 12.4 Å². The van der Waals surface area contributed by atoms with Crippen molar-refractivity contribution in [3.63, 3.8) is 0 Å². The Balaban J connectivity index is 0.00000200. The Bertz CT molecular complexity index is 465. The zero-order valence-electron chi connectivity index (χ0n) is 11.8. The van der Waals surface area contributed by atoms with Gasteiger partial charge in [-0.05, 0) is 56.3 Å². The third-order valence-electron chi connectivity index (χ3n) is 3.74. The van der Waals surface area contributed by atoms with Crippen LogP contribution in [0.4, 0.5) is 4.39 Å². The first kappa shape index (κ1) is 16.9. The number of rotatable bonds is 3. The van der Waals surface area contributed by atoms with E-state index in [1.54, 1.807) is 17.0 Å². The maximum atomic E-state index is 13.8. The number of halogens is 2. The largest absolute Gasteiger partial charge is 0.338 e. The molecule has 1 atom stereocenters. The van der Waals surface area contributed by atoms with E-state index in [1.165, 1.54) is 6.07 Å². The number of piperidine rings is 1. The molecule has 20 heavy (non-hydrogen) atoms. The van der Waals surface area contributed by atoms with Gasteiger partial charge in [0.05, 0.1) is 5.56 Å². The monoisotopic (exact) mass is 300 g/mol. The third kappa shape index (κ3) is 3.93. The number of nitrogens with two attached hydrogens (primary N) is 1. The van der Waals surface area contributed by atoms with Crippen LogP contribution in [0.15, 0.2) is 18.2 Å². The molecule has 1 amide bonds. The number of likely N-dealkylation sites (tertiary alicyclic amines) is 1. The second-order valence-corrected chi connectivity index (χ2v) is 5.32. The summed E-state index contributed by atoms with van der Waals surface area (Å²) in [7, 11) is 0. The summed E-state index contributed by atoms with van der Waals surface area (Å²) in [6.07, 6.45) is 3.02. The molecule has 112 valence electrons. The lowest BCUT2D eigenvalue weighted by molar-refractivity contribution is 0.0665. The summed E-state index contributed by atoms with van der Waals surface area (Å²) in [5.74, 6) is -0.165. The number of carbonyl (C=O) groups excluding carboxylic acids is 1. The van der Waals surface area contributed by atoms with Crippen molar-refractivity contribution in [2.45, 2.75) is 26.2 Å². The van der Waals surface area contributed by atoms with E-state index >= 15 is 0 Å². The zero-order valence-corrected chi connectivity index (χ0v) is 12.6. The average molecular weight is 301 g/mol. The van der Waals surface area contributed by atoms with Gasteiger partial charge >= 0.3 is 0 Å². The molecule has 0 aliphatic carbocycles. The molecule has 1 fully saturated rings. The molecule has 2 N–H and O–H groups in total. The first-order chi connectivity index (χ1) is 9.11. The van der Waals surface area contributed by atoms with Crippen LogP contribution >= 0.6 is 12.4 Å². The number of amides is 1. The average Bonchev–Trinajstić information content (AvgIpc) is 2.39. The van der Waals surface area contributed by atoms with E-state index in [0.717, 1.165) is 24.8 Å². The van der Waals surface area contributed by atoms with Crippen LogP contribution in [0.3, 0.4) is 0 Å². The number of benzene rings is 1. The van der Waals surface area contributed by atoms with E-state index in [9.17, 15) is 9.18 Å². The Kier molecular flexibility index (Phi) is 6.43. The standard InChI is InChI=1S/C15H21FN2O.ClH/c1-11-4-5-13(14(16)9-11)15(19)18-8-2-3-12(10-18)6-7-17;/h4-5,9,12H,2-3,6-8,10,17H2,1H3;1H. The predicted molar refractivity (Wildman–Crippen MR) is 80.7 cm³/mol. The predicted octanol–water partition coefficient (Wildman–Crippen LogP) is 2.76. The number of hydrogen-bond acceptors (Lipinski definition) is 2. The molecular weight excluding hydrogens is 279 g/mol. The molecule has 2 rings (SSSR count). The highest BCUT2D eigenvalue weighted by Gasteiger charge is 2.25. The lowest BCUT2D eigenvalue weighted by atomic mass is 9.94. The molecule has 1 heterocycles. The number of aryl methyl sites for hydroxylation is 1. The Morgan fingerprint density at radius 3 is 2.90 bits per heavy atom. The summed E-state index contributed by atoms with van der Waals surface area (Å²) in [5, 5.41) is 0. The van der Waals surface area contributed by atoms with Gasteiger partial charge in [-0.3, -0.25) is 4.79 Å². The van der Waals surface area contributed by atoms with E-state index in [-0.39, 0.29) is 23.9 Å². The first-order valence-electron chi connectivity index (χ1n) is 6.87. The lowest BCUT2D eigenvalue weighted by Crippen LogP contribution is -2.40. The van der Waals surface area contributed by atoms with Crippen LogP contribution in [0.1, 0.15) is 35.2 Å². The van der Waals surface area contributed by atoms with Crippen LogP contribution in [-0.4, -0.2) is 30.4 Å².